The Kier molecular flexibility index (Phi) is 7.00. The number of carbonyl (C=O) groups is 2. The fourth-order valence-electron chi connectivity index (χ4n) is 4.98. The van der Waals surface area contributed by atoms with Crippen molar-refractivity contribution in [1.82, 2.24) is 10.6 Å². The second kappa shape index (κ2) is 9.80. The molecule has 9 heteroatoms. The average molecular weight is 491 g/mol. The predicted molar refractivity (Wildman–Crippen MR) is 124 cm³/mol. The first-order valence-electron chi connectivity index (χ1n) is 11.2. The fraction of sp³-hybridized carbons (Fsp3) is 0.440. The largest absolute Gasteiger partial charge is 0.497 e. The summed E-state index contributed by atoms with van der Waals surface area (Å²) in [5.41, 5.74) is -0.492. The van der Waals surface area contributed by atoms with Crippen molar-refractivity contribution >= 4 is 23.4 Å². The van der Waals surface area contributed by atoms with Gasteiger partial charge in [0.1, 0.15) is 17.3 Å². The molecule has 2 aromatic rings. The molecule has 2 amide bonds. The van der Waals surface area contributed by atoms with Crippen LogP contribution in [0.5, 0.6) is 11.5 Å². The molecule has 2 aromatic carbocycles. The summed E-state index contributed by atoms with van der Waals surface area (Å²) >= 11 is 5.66. The van der Waals surface area contributed by atoms with Gasteiger partial charge in [-0.2, -0.15) is 0 Å². The molecule has 182 valence electrons. The SMILES string of the molecule is COc1ccc(CNC(=O)C23CCC(NC(=O)COc4ccc(Cl)c(F)c4)(CC2)CC3O)cc1. The quantitative estimate of drug-likeness (QED) is 0.527. The first-order valence-corrected chi connectivity index (χ1v) is 11.6. The summed E-state index contributed by atoms with van der Waals surface area (Å²) in [5, 5.41) is 16.8. The standard InChI is InChI=1S/C25H28ClFN2O5/c1-33-17-4-2-16(3-5-17)14-28-23(32)25-10-8-24(9-11-25,13-21(25)30)29-22(31)15-34-18-6-7-19(26)20(27)12-18/h2-7,12,21,30H,8-11,13-15H2,1H3,(H,28,32)(H,29,31). The van der Waals surface area contributed by atoms with Crippen molar-refractivity contribution in [3.63, 3.8) is 0 Å². The lowest BCUT2D eigenvalue weighted by Crippen LogP contribution is -2.65. The maximum absolute atomic E-state index is 13.5. The van der Waals surface area contributed by atoms with Crippen molar-refractivity contribution in [3.05, 3.63) is 58.9 Å². The van der Waals surface area contributed by atoms with Gasteiger partial charge in [0.2, 0.25) is 5.91 Å². The molecular weight excluding hydrogens is 463 g/mol. The molecule has 3 aliphatic carbocycles. The molecule has 2 bridgehead atoms. The molecule has 0 heterocycles. The van der Waals surface area contributed by atoms with Gasteiger partial charge in [-0.1, -0.05) is 23.7 Å². The van der Waals surface area contributed by atoms with E-state index in [1.807, 2.05) is 24.3 Å². The smallest absolute Gasteiger partial charge is 0.258 e. The van der Waals surface area contributed by atoms with E-state index in [1.54, 1.807) is 7.11 Å². The Labute approximate surface area is 202 Å². The van der Waals surface area contributed by atoms with Crippen molar-refractivity contribution in [2.45, 2.75) is 50.3 Å². The second-order valence-electron chi connectivity index (χ2n) is 9.10. The number of nitrogens with one attached hydrogen (secondary N) is 2. The van der Waals surface area contributed by atoms with Crippen LogP contribution in [-0.2, 0) is 16.1 Å². The van der Waals surface area contributed by atoms with Crippen LogP contribution in [0.15, 0.2) is 42.5 Å². The average Bonchev–Trinajstić information content (AvgIpc) is 2.84. The number of carbonyl (C=O) groups excluding carboxylic acids is 2. The first-order chi connectivity index (χ1) is 16.2. The van der Waals surface area contributed by atoms with Crippen molar-refractivity contribution in [2.75, 3.05) is 13.7 Å². The van der Waals surface area contributed by atoms with Gasteiger partial charge in [0.25, 0.3) is 5.91 Å². The zero-order valence-electron chi connectivity index (χ0n) is 18.9. The van der Waals surface area contributed by atoms with Gasteiger partial charge in [0.05, 0.1) is 23.7 Å². The second-order valence-corrected chi connectivity index (χ2v) is 9.51. The normalized spacial score (nSPS) is 25.5. The lowest BCUT2D eigenvalue weighted by molar-refractivity contribution is -0.156. The molecule has 5 rings (SSSR count). The van der Waals surface area contributed by atoms with Crippen LogP contribution in [0.3, 0.4) is 0 Å². The van der Waals surface area contributed by atoms with Crippen LogP contribution in [0, 0.1) is 11.2 Å². The maximum atomic E-state index is 13.5. The summed E-state index contributed by atoms with van der Waals surface area (Å²) in [5.74, 6) is -0.200. The summed E-state index contributed by atoms with van der Waals surface area (Å²) in [4.78, 5) is 25.6. The van der Waals surface area contributed by atoms with Gasteiger partial charge in [-0.3, -0.25) is 9.59 Å². The minimum absolute atomic E-state index is 0.0226. The zero-order chi connectivity index (χ0) is 24.3. The number of fused-ring (bicyclic) bond motifs is 3. The number of aliphatic hydroxyl groups excluding tert-OH is 1. The molecule has 3 fully saturated rings. The Hall–Kier alpha value is -2.84. The minimum Gasteiger partial charge on any atom is -0.497 e. The topological polar surface area (TPSA) is 96.9 Å². The number of rotatable bonds is 8. The Morgan fingerprint density at radius 1 is 1.12 bits per heavy atom. The summed E-state index contributed by atoms with van der Waals surface area (Å²) < 4.78 is 24.1. The van der Waals surface area contributed by atoms with Gasteiger partial charge in [-0.25, -0.2) is 4.39 Å². The van der Waals surface area contributed by atoms with Crippen LogP contribution in [0.2, 0.25) is 5.02 Å². The highest BCUT2D eigenvalue weighted by molar-refractivity contribution is 6.30. The number of hydrogen-bond acceptors (Lipinski definition) is 5. The van der Waals surface area contributed by atoms with Gasteiger partial charge >= 0.3 is 0 Å². The Bertz CT molecular complexity index is 1050. The summed E-state index contributed by atoms with van der Waals surface area (Å²) in [6.45, 7) is 0.0776. The van der Waals surface area contributed by atoms with E-state index in [0.29, 0.717) is 38.6 Å². The predicted octanol–water partition coefficient (Wildman–Crippen LogP) is 3.36. The molecule has 0 radical (unpaired) electrons. The van der Waals surface area contributed by atoms with Crippen molar-refractivity contribution in [3.8, 4) is 11.5 Å². The highest BCUT2D eigenvalue weighted by Crippen LogP contribution is 2.52. The van der Waals surface area contributed by atoms with E-state index in [2.05, 4.69) is 10.6 Å². The minimum atomic E-state index is -0.863. The van der Waals surface area contributed by atoms with Gasteiger partial charge < -0.3 is 25.2 Å². The lowest BCUT2D eigenvalue weighted by atomic mass is 9.55. The Morgan fingerprint density at radius 2 is 1.79 bits per heavy atom. The van der Waals surface area contributed by atoms with E-state index in [9.17, 15) is 19.1 Å². The number of ether oxygens (including phenoxy) is 2. The van der Waals surface area contributed by atoms with E-state index < -0.39 is 22.9 Å². The molecular formula is C25H28ClFN2O5. The monoisotopic (exact) mass is 490 g/mol. The van der Waals surface area contributed by atoms with Crippen molar-refractivity contribution < 1.29 is 28.6 Å². The molecule has 3 saturated carbocycles. The number of benzene rings is 2. The van der Waals surface area contributed by atoms with E-state index in [4.69, 9.17) is 21.1 Å². The van der Waals surface area contributed by atoms with Crippen molar-refractivity contribution in [2.24, 2.45) is 5.41 Å². The lowest BCUT2D eigenvalue weighted by Gasteiger charge is -2.55. The van der Waals surface area contributed by atoms with Gasteiger partial charge in [0.15, 0.2) is 6.61 Å². The third-order valence-electron chi connectivity index (χ3n) is 7.05. The molecule has 0 spiro atoms. The van der Waals surface area contributed by atoms with Gasteiger partial charge in [-0.05, 0) is 61.9 Å². The number of amides is 2. The molecule has 3 N–H and O–H groups in total. The number of hydrogen-bond donors (Lipinski definition) is 3. The van der Waals surface area contributed by atoms with Crippen molar-refractivity contribution in [1.29, 1.82) is 0 Å². The van der Waals surface area contributed by atoms with Crippen LogP contribution in [-0.4, -0.2) is 42.3 Å². The third-order valence-corrected chi connectivity index (χ3v) is 7.36. The van der Waals surface area contributed by atoms with Gasteiger partial charge in [-0.15, -0.1) is 0 Å². The Morgan fingerprint density at radius 3 is 2.41 bits per heavy atom. The Balaban J connectivity index is 1.30. The van der Waals surface area contributed by atoms with E-state index in [-0.39, 0.29) is 29.2 Å². The van der Waals surface area contributed by atoms with Crippen LogP contribution < -0.4 is 20.1 Å². The molecule has 1 atom stereocenters. The van der Waals surface area contributed by atoms with E-state index in [1.165, 1.54) is 12.1 Å². The van der Waals surface area contributed by atoms with Crippen LogP contribution in [0.4, 0.5) is 4.39 Å². The zero-order valence-corrected chi connectivity index (χ0v) is 19.7. The third kappa shape index (κ3) is 4.98. The molecule has 34 heavy (non-hydrogen) atoms. The summed E-state index contributed by atoms with van der Waals surface area (Å²) in [6.07, 6.45) is 1.56. The molecule has 0 aromatic heterocycles. The van der Waals surface area contributed by atoms with Crippen LogP contribution in [0.25, 0.3) is 0 Å². The van der Waals surface area contributed by atoms with Crippen LogP contribution in [0.1, 0.15) is 37.7 Å². The highest BCUT2D eigenvalue weighted by Gasteiger charge is 2.58. The summed E-state index contributed by atoms with van der Waals surface area (Å²) in [6, 6.07) is 11.4. The highest BCUT2D eigenvalue weighted by atomic mass is 35.5. The fourth-order valence-corrected chi connectivity index (χ4v) is 5.10. The molecule has 1 unspecified atom stereocenters. The maximum Gasteiger partial charge on any atom is 0.258 e. The molecule has 3 aliphatic rings. The molecule has 0 aliphatic heterocycles. The number of halogens is 2. The van der Waals surface area contributed by atoms with E-state index in [0.717, 1.165) is 17.4 Å². The van der Waals surface area contributed by atoms with Gasteiger partial charge in [0, 0.05) is 18.2 Å². The number of methoxy groups -OCH3 is 1. The number of aliphatic hydroxyl groups is 1. The molecule has 0 saturated heterocycles. The molecule has 7 nitrogen and oxygen atoms in total. The van der Waals surface area contributed by atoms with Crippen LogP contribution >= 0.6 is 11.6 Å². The summed E-state index contributed by atoms with van der Waals surface area (Å²) in [7, 11) is 1.60. The first kappa shape index (κ1) is 24.3. The van der Waals surface area contributed by atoms with E-state index >= 15 is 0 Å².